The second kappa shape index (κ2) is 14.6. The molecule has 1 saturated heterocycles. The van der Waals surface area contributed by atoms with Gasteiger partial charge in [0.1, 0.15) is 0 Å². The molecule has 0 bridgehead atoms. The van der Waals surface area contributed by atoms with Gasteiger partial charge in [0.2, 0.25) is 5.91 Å². The molecule has 146 valence electrons. The van der Waals surface area contributed by atoms with Crippen LogP contribution in [-0.4, -0.2) is 62.5 Å². The highest BCUT2D eigenvalue weighted by Gasteiger charge is 2.13. The topological polar surface area (TPSA) is 47.6 Å². The van der Waals surface area contributed by atoms with Gasteiger partial charge in [-0.2, -0.15) is 0 Å². The van der Waals surface area contributed by atoms with E-state index >= 15 is 0 Å². The first-order chi connectivity index (χ1) is 10.7. The number of benzene rings is 1. The van der Waals surface area contributed by atoms with Crippen molar-refractivity contribution < 1.29 is 4.79 Å². The van der Waals surface area contributed by atoms with Gasteiger partial charge in [0.25, 0.3) is 0 Å². The van der Waals surface area contributed by atoms with E-state index in [4.69, 9.17) is 0 Å². The van der Waals surface area contributed by atoms with E-state index < -0.39 is 0 Å². The Balaban J connectivity index is 0. The normalized spacial score (nSPS) is 14.6. The molecule has 1 aliphatic rings. The largest absolute Gasteiger partial charge is 0.352 e. The quantitative estimate of drug-likeness (QED) is 0.717. The molecule has 0 saturated carbocycles. The Hall–Kier alpha value is -0.560. The highest BCUT2D eigenvalue weighted by molar-refractivity contribution is 5.86. The Kier molecular flexibility index (Phi) is 15.6. The molecule has 1 aliphatic heterocycles. The number of amides is 1. The van der Waals surface area contributed by atoms with E-state index in [0.29, 0.717) is 13.0 Å². The molecule has 0 radical (unpaired) electrons. The minimum absolute atomic E-state index is 0. The van der Waals surface area contributed by atoms with Crippen LogP contribution in [0.15, 0.2) is 24.3 Å². The molecule has 1 aromatic carbocycles. The fraction of sp³-hybridized carbons (Fsp3) is 0.588. The van der Waals surface area contributed by atoms with Crippen LogP contribution in [0.5, 0.6) is 0 Å². The summed E-state index contributed by atoms with van der Waals surface area (Å²) in [6.45, 7) is 6.92. The van der Waals surface area contributed by atoms with Crippen LogP contribution >= 0.6 is 37.2 Å². The van der Waals surface area contributed by atoms with Gasteiger partial charge < -0.3 is 15.5 Å². The van der Waals surface area contributed by atoms with Gasteiger partial charge in [0.05, 0.1) is 0 Å². The molecule has 1 fully saturated rings. The third kappa shape index (κ3) is 10.2. The summed E-state index contributed by atoms with van der Waals surface area (Å²) in [4.78, 5) is 16.4. The van der Waals surface area contributed by atoms with E-state index in [1.54, 1.807) is 0 Å². The zero-order valence-electron chi connectivity index (χ0n) is 15.0. The standard InChI is InChI=1S/C17H28N4O.3ClH/c1-18-8-7-17(22)19-13-15-3-5-16(6-4-15)14-21-11-9-20(2)10-12-21;;;/h3-6,18H,7-14H2,1-2H3,(H,19,22);3*1H. The van der Waals surface area contributed by atoms with Crippen molar-refractivity contribution in [3.8, 4) is 0 Å². The zero-order chi connectivity index (χ0) is 15.8. The maximum Gasteiger partial charge on any atom is 0.221 e. The lowest BCUT2D eigenvalue weighted by Gasteiger charge is -2.32. The van der Waals surface area contributed by atoms with Crippen LogP contribution < -0.4 is 10.6 Å². The van der Waals surface area contributed by atoms with Crippen molar-refractivity contribution in [3.63, 3.8) is 0 Å². The fourth-order valence-electron chi connectivity index (χ4n) is 2.55. The van der Waals surface area contributed by atoms with E-state index in [-0.39, 0.29) is 43.1 Å². The maximum absolute atomic E-state index is 11.6. The van der Waals surface area contributed by atoms with Gasteiger partial charge in [0, 0.05) is 52.2 Å². The van der Waals surface area contributed by atoms with Crippen molar-refractivity contribution in [1.82, 2.24) is 20.4 Å². The molecule has 8 heteroatoms. The number of likely N-dealkylation sites (N-methyl/N-ethyl adjacent to an activating group) is 1. The van der Waals surface area contributed by atoms with Gasteiger partial charge in [-0.25, -0.2) is 0 Å². The summed E-state index contributed by atoms with van der Waals surface area (Å²) in [6.07, 6.45) is 0.526. The molecule has 25 heavy (non-hydrogen) atoms. The number of hydrogen-bond acceptors (Lipinski definition) is 4. The van der Waals surface area contributed by atoms with Gasteiger partial charge in [0.15, 0.2) is 0 Å². The van der Waals surface area contributed by atoms with Crippen molar-refractivity contribution >= 4 is 43.1 Å². The Morgan fingerprint density at radius 2 is 1.56 bits per heavy atom. The van der Waals surface area contributed by atoms with Crippen LogP contribution in [0.3, 0.4) is 0 Å². The predicted octanol–water partition coefficient (Wildman–Crippen LogP) is 1.93. The van der Waals surface area contributed by atoms with Crippen LogP contribution in [0.4, 0.5) is 0 Å². The number of carbonyl (C=O) groups excluding carboxylic acids is 1. The lowest BCUT2D eigenvalue weighted by molar-refractivity contribution is -0.121. The number of nitrogens with zero attached hydrogens (tertiary/aromatic N) is 2. The van der Waals surface area contributed by atoms with E-state index in [2.05, 4.69) is 51.7 Å². The number of halogens is 3. The van der Waals surface area contributed by atoms with Crippen LogP contribution in [0.1, 0.15) is 17.5 Å². The molecule has 0 spiro atoms. The fourth-order valence-corrected chi connectivity index (χ4v) is 2.55. The van der Waals surface area contributed by atoms with Gasteiger partial charge in [-0.3, -0.25) is 9.69 Å². The third-order valence-corrected chi connectivity index (χ3v) is 4.12. The average molecular weight is 414 g/mol. The smallest absolute Gasteiger partial charge is 0.221 e. The number of nitrogens with one attached hydrogen (secondary N) is 2. The molecule has 0 unspecified atom stereocenters. The Morgan fingerprint density at radius 3 is 2.12 bits per heavy atom. The average Bonchev–Trinajstić information content (AvgIpc) is 2.54. The Labute approximate surface area is 170 Å². The van der Waals surface area contributed by atoms with Crippen molar-refractivity contribution in [1.29, 1.82) is 0 Å². The van der Waals surface area contributed by atoms with Gasteiger partial charge >= 0.3 is 0 Å². The SMILES string of the molecule is CNCCC(=O)NCc1ccc(CN2CCN(C)CC2)cc1.Cl.Cl.Cl. The molecule has 1 heterocycles. The minimum atomic E-state index is 0. The van der Waals surface area contributed by atoms with Gasteiger partial charge in [-0.05, 0) is 25.2 Å². The van der Waals surface area contributed by atoms with Crippen molar-refractivity contribution in [3.05, 3.63) is 35.4 Å². The van der Waals surface area contributed by atoms with Crippen LogP contribution in [0.2, 0.25) is 0 Å². The van der Waals surface area contributed by atoms with E-state index in [1.165, 1.54) is 5.56 Å². The summed E-state index contributed by atoms with van der Waals surface area (Å²) < 4.78 is 0. The summed E-state index contributed by atoms with van der Waals surface area (Å²) >= 11 is 0. The summed E-state index contributed by atoms with van der Waals surface area (Å²) in [5.41, 5.74) is 2.50. The molecular weight excluding hydrogens is 383 g/mol. The van der Waals surface area contributed by atoms with Gasteiger partial charge in [-0.15, -0.1) is 37.2 Å². The number of carbonyl (C=O) groups is 1. The molecule has 2 rings (SSSR count). The molecule has 1 aromatic rings. The first-order valence-electron chi connectivity index (χ1n) is 8.07. The second-order valence-corrected chi connectivity index (χ2v) is 6.03. The molecule has 1 amide bonds. The Bertz CT molecular complexity index is 465. The first-order valence-corrected chi connectivity index (χ1v) is 8.07. The van der Waals surface area contributed by atoms with E-state index in [1.807, 2.05) is 7.05 Å². The molecule has 0 aliphatic carbocycles. The second-order valence-electron chi connectivity index (χ2n) is 6.03. The van der Waals surface area contributed by atoms with E-state index in [9.17, 15) is 4.79 Å². The lowest BCUT2D eigenvalue weighted by Crippen LogP contribution is -2.43. The number of hydrogen-bond donors (Lipinski definition) is 2. The van der Waals surface area contributed by atoms with Crippen molar-refractivity contribution in [2.24, 2.45) is 0 Å². The van der Waals surface area contributed by atoms with Crippen LogP contribution in [0.25, 0.3) is 0 Å². The maximum atomic E-state index is 11.6. The molecular formula is C17H31Cl3N4O. The Morgan fingerprint density at radius 1 is 1.00 bits per heavy atom. The monoisotopic (exact) mass is 412 g/mol. The summed E-state index contributed by atoms with van der Waals surface area (Å²) in [5.74, 6) is 0.0934. The number of piperazine rings is 1. The lowest BCUT2D eigenvalue weighted by atomic mass is 10.1. The highest BCUT2D eigenvalue weighted by Crippen LogP contribution is 2.09. The van der Waals surface area contributed by atoms with Gasteiger partial charge in [-0.1, -0.05) is 24.3 Å². The minimum Gasteiger partial charge on any atom is -0.352 e. The molecule has 2 N–H and O–H groups in total. The first kappa shape index (κ1) is 26.7. The van der Waals surface area contributed by atoms with Crippen LogP contribution in [-0.2, 0) is 17.9 Å². The van der Waals surface area contributed by atoms with Crippen molar-refractivity contribution in [2.45, 2.75) is 19.5 Å². The van der Waals surface area contributed by atoms with E-state index in [0.717, 1.165) is 44.8 Å². The predicted molar refractivity (Wildman–Crippen MR) is 111 cm³/mol. The highest BCUT2D eigenvalue weighted by atomic mass is 35.5. The molecule has 0 aromatic heterocycles. The summed E-state index contributed by atoms with van der Waals surface area (Å²) in [5, 5.41) is 5.92. The summed E-state index contributed by atoms with van der Waals surface area (Å²) in [7, 11) is 4.03. The third-order valence-electron chi connectivity index (χ3n) is 4.12. The number of rotatable bonds is 7. The molecule has 0 atom stereocenters. The van der Waals surface area contributed by atoms with Crippen LogP contribution in [0, 0.1) is 0 Å². The molecule has 5 nitrogen and oxygen atoms in total. The zero-order valence-corrected chi connectivity index (χ0v) is 17.4. The summed E-state index contributed by atoms with van der Waals surface area (Å²) in [6, 6.07) is 8.58. The van der Waals surface area contributed by atoms with Crippen molar-refractivity contribution in [2.75, 3.05) is 46.8 Å².